The molecular weight excluding hydrogens is 308 g/mol. The number of aryl methyl sites for hydroxylation is 1. The Morgan fingerprint density at radius 1 is 1.33 bits per heavy atom. The number of nitrogens with one attached hydrogen (secondary N) is 4. The molecule has 4 N–H and O–H groups in total. The molecule has 8 nitrogen and oxygen atoms in total. The van der Waals surface area contributed by atoms with Gasteiger partial charge in [-0.3, -0.25) is 14.6 Å². The zero-order valence-corrected chi connectivity index (χ0v) is 14.0. The Morgan fingerprint density at radius 2 is 2.12 bits per heavy atom. The first-order valence-corrected chi connectivity index (χ1v) is 7.58. The molecule has 0 spiro atoms. The Labute approximate surface area is 140 Å². The summed E-state index contributed by atoms with van der Waals surface area (Å²) < 4.78 is 1.67. The number of aliphatic imine (C=N–C) groups is 1. The van der Waals surface area contributed by atoms with Gasteiger partial charge in [-0.25, -0.2) is 0 Å². The van der Waals surface area contributed by atoms with Crippen molar-refractivity contribution in [1.29, 1.82) is 0 Å². The van der Waals surface area contributed by atoms with Gasteiger partial charge < -0.3 is 25.5 Å². The van der Waals surface area contributed by atoms with E-state index in [0.29, 0.717) is 30.0 Å². The lowest BCUT2D eigenvalue weighted by atomic mass is 10.3. The fourth-order valence-corrected chi connectivity index (χ4v) is 2.26. The van der Waals surface area contributed by atoms with Crippen LogP contribution >= 0.6 is 0 Å². The van der Waals surface area contributed by atoms with E-state index in [1.54, 1.807) is 56.3 Å². The number of anilines is 1. The number of hydrogen-bond donors (Lipinski definition) is 4. The molecular formula is C16H22N6O2. The topological polar surface area (TPSA) is 103 Å². The minimum Gasteiger partial charge on any atom is -0.377 e. The molecule has 2 rings (SSSR count). The molecule has 0 saturated carbocycles. The standard InChI is InChI=1S/C16H22N6O2/c1-17-14(18-2)6-8-20-16(24)13-9-11(10-22(13)3)21-15(23)12-5-4-7-19-12/h4-5,7,9-10,19H,6,8H2,1-3H3,(H,17,18)(H,20,24)(H,21,23). The highest BCUT2D eigenvalue weighted by Gasteiger charge is 2.14. The van der Waals surface area contributed by atoms with Gasteiger partial charge in [-0.1, -0.05) is 0 Å². The average molecular weight is 330 g/mol. The molecule has 0 aliphatic carbocycles. The zero-order chi connectivity index (χ0) is 17.5. The number of hydrogen-bond acceptors (Lipinski definition) is 3. The van der Waals surface area contributed by atoms with E-state index in [1.165, 1.54) is 0 Å². The van der Waals surface area contributed by atoms with Crippen LogP contribution in [0.25, 0.3) is 0 Å². The molecule has 0 atom stereocenters. The number of carbonyl (C=O) groups excluding carboxylic acids is 2. The molecule has 2 aromatic heterocycles. The van der Waals surface area contributed by atoms with Gasteiger partial charge in [0.15, 0.2) is 0 Å². The Bertz CT molecular complexity index is 730. The number of nitrogens with zero attached hydrogens (tertiary/aromatic N) is 2. The molecule has 2 aromatic rings. The SMILES string of the molecule is C/N=C(\CCNC(=O)c1cc(NC(=O)c2ccc[nH]2)cn1C)NC. The third-order valence-corrected chi connectivity index (χ3v) is 3.54. The summed E-state index contributed by atoms with van der Waals surface area (Å²) in [6.07, 6.45) is 4.00. The lowest BCUT2D eigenvalue weighted by molar-refractivity contribution is 0.0945. The highest BCUT2D eigenvalue weighted by Crippen LogP contribution is 2.14. The maximum absolute atomic E-state index is 12.2. The highest BCUT2D eigenvalue weighted by atomic mass is 16.2. The molecule has 2 amide bonds. The molecule has 8 heteroatoms. The molecule has 0 bridgehead atoms. The van der Waals surface area contributed by atoms with E-state index < -0.39 is 0 Å². The summed E-state index contributed by atoms with van der Waals surface area (Å²) in [5.41, 5.74) is 1.49. The summed E-state index contributed by atoms with van der Waals surface area (Å²) in [7, 11) is 5.25. The largest absolute Gasteiger partial charge is 0.377 e. The minimum absolute atomic E-state index is 0.204. The number of H-pyrrole nitrogens is 1. The molecule has 0 radical (unpaired) electrons. The van der Waals surface area contributed by atoms with Crippen LogP contribution in [0.15, 0.2) is 35.6 Å². The van der Waals surface area contributed by atoms with E-state index in [4.69, 9.17) is 0 Å². The summed E-state index contributed by atoms with van der Waals surface area (Å²) >= 11 is 0. The Kier molecular flexibility index (Phi) is 5.78. The number of amidine groups is 1. The van der Waals surface area contributed by atoms with E-state index in [9.17, 15) is 9.59 Å². The number of amides is 2. The van der Waals surface area contributed by atoms with Crippen LogP contribution in [-0.2, 0) is 7.05 Å². The van der Waals surface area contributed by atoms with Crippen molar-refractivity contribution in [3.8, 4) is 0 Å². The van der Waals surface area contributed by atoms with Gasteiger partial charge >= 0.3 is 0 Å². The van der Waals surface area contributed by atoms with Crippen molar-refractivity contribution < 1.29 is 9.59 Å². The summed E-state index contributed by atoms with van der Waals surface area (Å²) in [6, 6.07) is 5.07. The van der Waals surface area contributed by atoms with Crippen LogP contribution in [0, 0.1) is 0 Å². The quantitative estimate of drug-likeness (QED) is 0.469. The van der Waals surface area contributed by atoms with Crippen molar-refractivity contribution in [1.82, 2.24) is 20.2 Å². The van der Waals surface area contributed by atoms with Crippen molar-refractivity contribution >= 4 is 23.3 Å². The van der Waals surface area contributed by atoms with Gasteiger partial charge in [0, 0.05) is 46.5 Å². The van der Waals surface area contributed by atoms with Gasteiger partial charge in [0.05, 0.1) is 11.5 Å². The predicted octanol–water partition coefficient (Wildman–Crippen LogP) is 0.973. The van der Waals surface area contributed by atoms with Crippen molar-refractivity contribution in [3.63, 3.8) is 0 Å². The van der Waals surface area contributed by atoms with Gasteiger partial charge in [0.25, 0.3) is 11.8 Å². The van der Waals surface area contributed by atoms with Crippen LogP contribution in [0.4, 0.5) is 5.69 Å². The third kappa shape index (κ3) is 4.25. The van der Waals surface area contributed by atoms with Gasteiger partial charge in [-0.15, -0.1) is 0 Å². The maximum Gasteiger partial charge on any atom is 0.272 e. The van der Waals surface area contributed by atoms with Crippen molar-refractivity contribution in [2.75, 3.05) is 26.0 Å². The minimum atomic E-state index is -0.254. The van der Waals surface area contributed by atoms with Gasteiger partial charge in [0.2, 0.25) is 0 Å². The van der Waals surface area contributed by atoms with Gasteiger partial charge in [-0.2, -0.15) is 0 Å². The monoisotopic (exact) mass is 330 g/mol. The normalized spacial score (nSPS) is 11.2. The van der Waals surface area contributed by atoms with Crippen molar-refractivity contribution in [2.24, 2.45) is 12.0 Å². The van der Waals surface area contributed by atoms with Crippen LogP contribution in [-0.4, -0.2) is 47.8 Å². The second kappa shape index (κ2) is 8.00. The van der Waals surface area contributed by atoms with Crippen LogP contribution in [0.2, 0.25) is 0 Å². The van der Waals surface area contributed by atoms with Crippen LogP contribution in [0.1, 0.15) is 27.4 Å². The Morgan fingerprint density at radius 3 is 2.75 bits per heavy atom. The molecule has 128 valence electrons. The second-order valence-electron chi connectivity index (χ2n) is 5.19. The lowest BCUT2D eigenvalue weighted by Gasteiger charge is -2.07. The molecule has 0 fully saturated rings. The van der Waals surface area contributed by atoms with Crippen molar-refractivity contribution in [2.45, 2.75) is 6.42 Å². The van der Waals surface area contributed by atoms with E-state index in [2.05, 4.69) is 25.9 Å². The molecule has 0 aliphatic heterocycles. The van der Waals surface area contributed by atoms with E-state index in [0.717, 1.165) is 5.84 Å². The summed E-state index contributed by atoms with van der Waals surface area (Å²) in [6.45, 7) is 0.474. The number of carbonyl (C=O) groups is 2. The smallest absolute Gasteiger partial charge is 0.272 e. The number of aromatic amines is 1. The fourth-order valence-electron chi connectivity index (χ4n) is 2.26. The summed E-state index contributed by atoms with van der Waals surface area (Å²) in [5.74, 6) is 0.362. The van der Waals surface area contributed by atoms with E-state index in [1.807, 2.05) is 0 Å². The van der Waals surface area contributed by atoms with Gasteiger partial charge in [-0.05, 0) is 18.2 Å². The van der Waals surface area contributed by atoms with Crippen molar-refractivity contribution in [3.05, 3.63) is 42.0 Å². The first-order valence-electron chi connectivity index (χ1n) is 7.58. The highest BCUT2D eigenvalue weighted by molar-refractivity contribution is 6.04. The molecule has 2 heterocycles. The maximum atomic E-state index is 12.2. The lowest BCUT2D eigenvalue weighted by Crippen LogP contribution is -2.30. The van der Waals surface area contributed by atoms with Crippen LogP contribution in [0.3, 0.4) is 0 Å². The first kappa shape index (κ1) is 17.3. The molecule has 0 unspecified atom stereocenters. The van der Waals surface area contributed by atoms with E-state index >= 15 is 0 Å². The third-order valence-electron chi connectivity index (χ3n) is 3.54. The van der Waals surface area contributed by atoms with Crippen LogP contribution in [0.5, 0.6) is 0 Å². The Hall–Kier alpha value is -3.03. The predicted molar refractivity (Wildman–Crippen MR) is 93.5 cm³/mol. The van der Waals surface area contributed by atoms with E-state index in [-0.39, 0.29) is 11.8 Å². The molecule has 0 aromatic carbocycles. The van der Waals surface area contributed by atoms with Crippen LogP contribution < -0.4 is 16.0 Å². The summed E-state index contributed by atoms with van der Waals surface area (Å²) in [5, 5.41) is 8.55. The second-order valence-corrected chi connectivity index (χ2v) is 5.19. The molecule has 24 heavy (non-hydrogen) atoms. The fraction of sp³-hybridized carbons (Fsp3) is 0.312. The Balaban J connectivity index is 1.95. The first-order chi connectivity index (χ1) is 11.5. The number of aromatic nitrogens is 2. The number of rotatable bonds is 6. The molecule has 0 aliphatic rings. The average Bonchev–Trinajstić information content (AvgIpc) is 3.21. The van der Waals surface area contributed by atoms with Gasteiger partial charge in [0.1, 0.15) is 11.4 Å². The molecule has 0 saturated heterocycles. The summed E-state index contributed by atoms with van der Waals surface area (Å²) in [4.78, 5) is 31.1. The zero-order valence-electron chi connectivity index (χ0n) is 14.0.